The molecular weight excluding hydrogens is 364 g/mol. The minimum absolute atomic E-state index is 0.175. The van der Waals surface area contributed by atoms with Crippen molar-refractivity contribution in [2.45, 2.75) is 72.1 Å². The lowest BCUT2D eigenvalue weighted by Crippen LogP contribution is -2.49. The molecule has 1 rings (SSSR count). The number of amides is 1. The molecule has 0 radical (unpaired) electrons. The van der Waals surface area contributed by atoms with Crippen LogP contribution >= 0.6 is 0 Å². The standard InChI is InChI=1S/C20H36N2O6/c1-8-27-18(24)16-14(9-10-22(16)19(25)28-20(4,5)6)12-21-15(11-13(2)3)17(23)26-7/h13-16,21H,8-12H2,1-7H3/t14-,15-,16-/m1/s1. The highest BCUT2D eigenvalue weighted by molar-refractivity contribution is 5.82. The smallest absolute Gasteiger partial charge is 0.411 e. The maximum Gasteiger partial charge on any atom is 0.411 e. The minimum Gasteiger partial charge on any atom is -0.468 e. The van der Waals surface area contributed by atoms with Crippen molar-refractivity contribution in [3.63, 3.8) is 0 Å². The molecule has 1 aliphatic heterocycles. The Labute approximate surface area is 168 Å². The van der Waals surface area contributed by atoms with Crippen LogP contribution in [0.4, 0.5) is 4.79 Å². The van der Waals surface area contributed by atoms with Gasteiger partial charge in [0.2, 0.25) is 0 Å². The summed E-state index contributed by atoms with van der Waals surface area (Å²) in [6, 6.07) is -1.19. The van der Waals surface area contributed by atoms with E-state index >= 15 is 0 Å². The van der Waals surface area contributed by atoms with Gasteiger partial charge in [-0.15, -0.1) is 0 Å². The number of rotatable bonds is 8. The second-order valence-electron chi connectivity index (χ2n) is 8.53. The first-order chi connectivity index (χ1) is 13.0. The number of carbonyl (C=O) groups excluding carboxylic acids is 3. The van der Waals surface area contributed by atoms with Gasteiger partial charge in [0.05, 0.1) is 13.7 Å². The third-order valence-electron chi connectivity index (χ3n) is 4.50. The van der Waals surface area contributed by atoms with Gasteiger partial charge in [-0.2, -0.15) is 0 Å². The van der Waals surface area contributed by atoms with Gasteiger partial charge in [-0.3, -0.25) is 9.69 Å². The lowest BCUT2D eigenvalue weighted by molar-refractivity contribution is -0.149. The van der Waals surface area contributed by atoms with Crippen molar-refractivity contribution in [1.29, 1.82) is 0 Å². The molecular formula is C20H36N2O6. The first kappa shape index (κ1) is 24.2. The predicted molar refractivity (Wildman–Crippen MR) is 105 cm³/mol. The van der Waals surface area contributed by atoms with Crippen LogP contribution in [0, 0.1) is 11.8 Å². The largest absolute Gasteiger partial charge is 0.468 e. The first-order valence-electron chi connectivity index (χ1n) is 9.97. The van der Waals surface area contributed by atoms with Gasteiger partial charge in [-0.1, -0.05) is 13.8 Å². The summed E-state index contributed by atoms with van der Waals surface area (Å²) in [5.74, 6) is -0.648. The molecule has 0 aliphatic carbocycles. The zero-order chi connectivity index (χ0) is 21.5. The molecule has 3 atom stereocenters. The van der Waals surface area contributed by atoms with E-state index in [9.17, 15) is 14.4 Å². The molecule has 1 fully saturated rings. The molecule has 0 bridgehead atoms. The second kappa shape index (κ2) is 10.6. The average Bonchev–Trinajstić information content (AvgIpc) is 3.00. The number of nitrogens with zero attached hydrogens (tertiary/aromatic N) is 1. The van der Waals surface area contributed by atoms with E-state index in [1.165, 1.54) is 12.0 Å². The lowest BCUT2D eigenvalue weighted by atomic mass is 9.98. The van der Waals surface area contributed by atoms with Crippen molar-refractivity contribution in [2.75, 3.05) is 26.8 Å². The number of ether oxygens (including phenoxy) is 3. The summed E-state index contributed by atoms with van der Waals surface area (Å²) in [6.07, 6.45) is 0.713. The van der Waals surface area contributed by atoms with Gasteiger partial charge in [0.1, 0.15) is 17.7 Å². The molecule has 0 saturated carbocycles. The van der Waals surface area contributed by atoms with E-state index in [1.807, 2.05) is 13.8 Å². The van der Waals surface area contributed by atoms with Gasteiger partial charge < -0.3 is 19.5 Å². The molecule has 28 heavy (non-hydrogen) atoms. The van der Waals surface area contributed by atoms with Crippen LogP contribution in [-0.4, -0.2) is 67.4 Å². The summed E-state index contributed by atoms with van der Waals surface area (Å²) in [6.45, 7) is 12.2. The molecule has 8 heteroatoms. The Morgan fingerprint density at radius 2 is 1.86 bits per heavy atom. The monoisotopic (exact) mass is 400 g/mol. The Morgan fingerprint density at radius 3 is 2.36 bits per heavy atom. The Hall–Kier alpha value is -1.83. The molecule has 0 aromatic carbocycles. The Morgan fingerprint density at radius 1 is 1.21 bits per heavy atom. The number of nitrogens with one attached hydrogen (secondary N) is 1. The van der Waals surface area contributed by atoms with Crippen molar-refractivity contribution in [3.05, 3.63) is 0 Å². The van der Waals surface area contributed by atoms with Crippen molar-refractivity contribution in [2.24, 2.45) is 11.8 Å². The van der Waals surface area contributed by atoms with Gasteiger partial charge in [0.25, 0.3) is 0 Å². The summed E-state index contributed by atoms with van der Waals surface area (Å²) in [7, 11) is 1.36. The fourth-order valence-corrected chi connectivity index (χ4v) is 3.31. The molecule has 1 saturated heterocycles. The first-order valence-corrected chi connectivity index (χ1v) is 9.97. The summed E-state index contributed by atoms with van der Waals surface area (Å²) in [5, 5.41) is 3.22. The predicted octanol–water partition coefficient (Wildman–Crippen LogP) is 2.35. The highest BCUT2D eigenvalue weighted by Crippen LogP contribution is 2.27. The van der Waals surface area contributed by atoms with Crippen LogP contribution in [0.5, 0.6) is 0 Å². The molecule has 162 valence electrons. The Kier molecular flexibility index (Phi) is 9.20. The second-order valence-corrected chi connectivity index (χ2v) is 8.53. The van der Waals surface area contributed by atoms with Gasteiger partial charge in [0.15, 0.2) is 0 Å². The fourth-order valence-electron chi connectivity index (χ4n) is 3.31. The summed E-state index contributed by atoms with van der Waals surface area (Å²) in [5.41, 5.74) is -0.653. The summed E-state index contributed by atoms with van der Waals surface area (Å²) >= 11 is 0. The van der Waals surface area contributed by atoms with E-state index in [2.05, 4.69) is 5.32 Å². The Bertz CT molecular complexity index is 543. The Balaban J connectivity index is 2.89. The van der Waals surface area contributed by atoms with Crippen LogP contribution in [0.3, 0.4) is 0 Å². The van der Waals surface area contributed by atoms with E-state index in [1.54, 1.807) is 27.7 Å². The molecule has 1 aliphatic rings. The number of likely N-dealkylation sites (tertiary alicyclic amines) is 1. The van der Waals surface area contributed by atoms with E-state index in [0.717, 1.165) is 0 Å². The van der Waals surface area contributed by atoms with E-state index in [0.29, 0.717) is 31.8 Å². The molecule has 0 aromatic heterocycles. The third kappa shape index (κ3) is 7.30. The van der Waals surface area contributed by atoms with Crippen LogP contribution in [0.15, 0.2) is 0 Å². The highest BCUT2D eigenvalue weighted by atomic mass is 16.6. The molecule has 1 amide bonds. The number of hydrogen-bond donors (Lipinski definition) is 1. The van der Waals surface area contributed by atoms with E-state index in [4.69, 9.17) is 14.2 Å². The zero-order valence-corrected chi connectivity index (χ0v) is 18.2. The van der Waals surface area contributed by atoms with Crippen LogP contribution < -0.4 is 5.32 Å². The van der Waals surface area contributed by atoms with Gasteiger partial charge >= 0.3 is 18.0 Å². The van der Waals surface area contributed by atoms with Gasteiger partial charge in [-0.25, -0.2) is 9.59 Å². The quantitative estimate of drug-likeness (QED) is 0.494. The molecule has 0 spiro atoms. The molecule has 1 heterocycles. The van der Waals surface area contributed by atoms with Gasteiger partial charge in [0, 0.05) is 19.0 Å². The molecule has 8 nitrogen and oxygen atoms in total. The number of carbonyl (C=O) groups is 3. The van der Waals surface area contributed by atoms with Crippen LogP contribution in [0.2, 0.25) is 0 Å². The molecule has 0 aromatic rings. The molecule has 1 N–H and O–H groups in total. The SMILES string of the molecule is CCOC(=O)[C@H]1[C@@H](CN[C@H](CC(C)C)C(=O)OC)CCN1C(=O)OC(C)(C)C. The van der Waals surface area contributed by atoms with Crippen molar-refractivity contribution in [1.82, 2.24) is 10.2 Å². The number of esters is 2. The van der Waals surface area contributed by atoms with Crippen molar-refractivity contribution in [3.8, 4) is 0 Å². The van der Waals surface area contributed by atoms with Crippen LogP contribution in [0.25, 0.3) is 0 Å². The molecule has 0 unspecified atom stereocenters. The van der Waals surface area contributed by atoms with Crippen LogP contribution in [-0.2, 0) is 23.8 Å². The maximum absolute atomic E-state index is 12.6. The number of methoxy groups -OCH3 is 1. The summed E-state index contributed by atoms with van der Waals surface area (Å²) in [4.78, 5) is 38.6. The van der Waals surface area contributed by atoms with Crippen molar-refractivity contribution < 1.29 is 28.6 Å². The number of hydrogen-bond acceptors (Lipinski definition) is 7. The minimum atomic E-state index is -0.736. The topological polar surface area (TPSA) is 94.2 Å². The van der Waals surface area contributed by atoms with Crippen molar-refractivity contribution >= 4 is 18.0 Å². The van der Waals surface area contributed by atoms with E-state index < -0.39 is 29.7 Å². The lowest BCUT2D eigenvalue weighted by Gasteiger charge is -2.30. The zero-order valence-electron chi connectivity index (χ0n) is 18.2. The average molecular weight is 401 g/mol. The highest BCUT2D eigenvalue weighted by Gasteiger charge is 2.44. The van der Waals surface area contributed by atoms with Crippen LogP contribution in [0.1, 0.15) is 54.4 Å². The fraction of sp³-hybridized carbons (Fsp3) is 0.850. The maximum atomic E-state index is 12.6. The normalized spacial score (nSPS) is 20.8. The van der Waals surface area contributed by atoms with E-state index in [-0.39, 0.29) is 18.5 Å². The summed E-state index contributed by atoms with van der Waals surface area (Å²) < 4.78 is 15.5. The third-order valence-corrected chi connectivity index (χ3v) is 4.50. The van der Waals surface area contributed by atoms with Gasteiger partial charge in [-0.05, 0) is 46.5 Å².